The van der Waals surface area contributed by atoms with E-state index < -0.39 is 0 Å². The standard InChI is InChI=1S/C7H11N3O/c1-6(11)9(2)7-4-5-8-10(7)3/h4-5H,1-3H3. The van der Waals surface area contributed by atoms with Gasteiger partial charge in [-0.25, -0.2) is 0 Å². The fourth-order valence-corrected chi connectivity index (χ4v) is 0.857. The van der Waals surface area contributed by atoms with Crippen LogP contribution in [-0.2, 0) is 11.8 Å². The lowest BCUT2D eigenvalue weighted by Gasteiger charge is -2.13. The van der Waals surface area contributed by atoms with Crippen LogP contribution in [0.15, 0.2) is 12.3 Å². The van der Waals surface area contributed by atoms with E-state index in [0.29, 0.717) is 0 Å². The van der Waals surface area contributed by atoms with E-state index in [1.807, 2.05) is 0 Å². The zero-order chi connectivity index (χ0) is 8.43. The Hall–Kier alpha value is -1.32. The van der Waals surface area contributed by atoms with Crippen molar-refractivity contribution < 1.29 is 4.79 Å². The van der Waals surface area contributed by atoms with Crippen LogP contribution in [0.2, 0.25) is 0 Å². The molecule has 1 aromatic rings. The molecule has 0 fully saturated rings. The van der Waals surface area contributed by atoms with Crippen molar-refractivity contribution in [3.05, 3.63) is 12.3 Å². The van der Waals surface area contributed by atoms with E-state index >= 15 is 0 Å². The van der Waals surface area contributed by atoms with Gasteiger partial charge in [-0.1, -0.05) is 0 Å². The van der Waals surface area contributed by atoms with Gasteiger partial charge in [-0.2, -0.15) is 5.10 Å². The van der Waals surface area contributed by atoms with Gasteiger partial charge in [-0.05, 0) is 0 Å². The molecule has 0 aromatic carbocycles. The minimum atomic E-state index is 0.00796. The molecule has 0 N–H and O–H groups in total. The third-order valence-electron chi connectivity index (χ3n) is 1.61. The summed E-state index contributed by atoms with van der Waals surface area (Å²) in [5.41, 5.74) is 0. The Balaban J connectivity index is 2.92. The van der Waals surface area contributed by atoms with Gasteiger partial charge in [0, 0.05) is 27.1 Å². The summed E-state index contributed by atoms with van der Waals surface area (Å²) in [7, 11) is 3.52. The van der Waals surface area contributed by atoms with Crippen LogP contribution in [0.1, 0.15) is 6.92 Å². The van der Waals surface area contributed by atoms with E-state index in [2.05, 4.69) is 5.10 Å². The second-order valence-electron chi connectivity index (χ2n) is 2.39. The highest BCUT2D eigenvalue weighted by molar-refractivity contribution is 5.89. The van der Waals surface area contributed by atoms with Crippen LogP contribution in [0, 0.1) is 0 Å². The van der Waals surface area contributed by atoms with Crippen molar-refractivity contribution in [3.63, 3.8) is 0 Å². The number of carbonyl (C=O) groups is 1. The molecule has 60 valence electrons. The van der Waals surface area contributed by atoms with Crippen LogP contribution in [0.5, 0.6) is 0 Å². The van der Waals surface area contributed by atoms with Crippen molar-refractivity contribution in [2.45, 2.75) is 6.92 Å². The average molecular weight is 153 g/mol. The highest BCUT2D eigenvalue weighted by Crippen LogP contribution is 2.08. The molecule has 1 amide bonds. The largest absolute Gasteiger partial charge is 0.300 e. The molecular formula is C7H11N3O. The van der Waals surface area contributed by atoms with Gasteiger partial charge in [0.25, 0.3) is 0 Å². The van der Waals surface area contributed by atoms with Crippen LogP contribution in [0.3, 0.4) is 0 Å². The third kappa shape index (κ3) is 1.39. The van der Waals surface area contributed by atoms with E-state index in [4.69, 9.17) is 0 Å². The van der Waals surface area contributed by atoms with Crippen LogP contribution < -0.4 is 4.90 Å². The molecule has 0 aliphatic rings. The third-order valence-corrected chi connectivity index (χ3v) is 1.61. The second kappa shape index (κ2) is 2.74. The van der Waals surface area contributed by atoms with Gasteiger partial charge in [-0.3, -0.25) is 9.48 Å². The molecule has 0 unspecified atom stereocenters. The van der Waals surface area contributed by atoms with Crippen molar-refractivity contribution in [1.82, 2.24) is 9.78 Å². The van der Waals surface area contributed by atoms with E-state index in [1.54, 1.807) is 35.9 Å². The average Bonchev–Trinajstić information content (AvgIpc) is 2.33. The molecule has 0 spiro atoms. The summed E-state index contributed by atoms with van der Waals surface area (Å²) in [5.74, 6) is 0.811. The molecule has 1 aromatic heterocycles. The molecule has 0 aliphatic heterocycles. The van der Waals surface area contributed by atoms with Gasteiger partial charge in [-0.15, -0.1) is 0 Å². The van der Waals surface area contributed by atoms with Gasteiger partial charge >= 0.3 is 0 Å². The molecule has 0 bridgehead atoms. The van der Waals surface area contributed by atoms with E-state index in [0.717, 1.165) is 5.82 Å². The van der Waals surface area contributed by atoms with Gasteiger partial charge in [0.2, 0.25) is 5.91 Å². The maximum Gasteiger partial charge on any atom is 0.224 e. The number of amides is 1. The highest BCUT2D eigenvalue weighted by Gasteiger charge is 2.07. The lowest BCUT2D eigenvalue weighted by molar-refractivity contribution is -0.116. The Bertz CT molecular complexity index is 266. The quantitative estimate of drug-likeness (QED) is 0.585. The first kappa shape index (κ1) is 7.78. The molecule has 0 aliphatic carbocycles. The van der Waals surface area contributed by atoms with Gasteiger partial charge in [0.05, 0.1) is 6.20 Å². The summed E-state index contributed by atoms with van der Waals surface area (Å²) < 4.78 is 1.65. The first-order valence-corrected chi connectivity index (χ1v) is 3.35. The maximum absolute atomic E-state index is 10.9. The molecule has 11 heavy (non-hydrogen) atoms. The SMILES string of the molecule is CC(=O)N(C)c1ccnn1C. The minimum absolute atomic E-state index is 0.00796. The van der Waals surface area contributed by atoms with Crippen molar-refractivity contribution in [1.29, 1.82) is 0 Å². The molecule has 1 heterocycles. The van der Waals surface area contributed by atoms with E-state index in [1.165, 1.54) is 6.92 Å². The number of carbonyl (C=O) groups excluding carboxylic acids is 1. The maximum atomic E-state index is 10.9. The smallest absolute Gasteiger partial charge is 0.224 e. The van der Waals surface area contributed by atoms with Crippen molar-refractivity contribution >= 4 is 11.7 Å². The fourth-order valence-electron chi connectivity index (χ4n) is 0.857. The molecule has 0 saturated heterocycles. The van der Waals surface area contributed by atoms with E-state index in [-0.39, 0.29) is 5.91 Å². The Morgan fingerprint density at radius 1 is 1.73 bits per heavy atom. The van der Waals surface area contributed by atoms with Crippen molar-refractivity contribution in [2.24, 2.45) is 7.05 Å². The zero-order valence-corrected chi connectivity index (χ0v) is 6.90. The number of aryl methyl sites for hydroxylation is 1. The normalized spacial score (nSPS) is 9.73. The molecule has 4 heteroatoms. The summed E-state index contributed by atoms with van der Waals surface area (Å²) in [6, 6.07) is 1.79. The van der Waals surface area contributed by atoms with Crippen LogP contribution in [0.4, 0.5) is 5.82 Å². The van der Waals surface area contributed by atoms with Gasteiger partial charge in [0.1, 0.15) is 5.82 Å². The number of aromatic nitrogens is 2. The number of hydrogen-bond acceptors (Lipinski definition) is 2. The highest BCUT2D eigenvalue weighted by atomic mass is 16.2. The van der Waals surface area contributed by atoms with Gasteiger partial charge in [0.15, 0.2) is 0 Å². The molecule has 0 saturated carbocycles. The summed E-state index contributed by atoms with van der Waals surface area (Å²) in [6.07, 6.45) is 1.66. The summed E-state index contributed by atoms with van der Waals surface area (Å²) in [6.45, 7) is 1.52. The Morgan fingerprint density at radius 2 is 2.36 bits per heavy atom. The summed E-state index contributed by atoms with van der Waals surface area (Å²) in [4.78, 5) is 12.4. The predicted molar refractivity (Wildman–Crippen MR) is 42.3 cm³/mol. The molecule has 0 radical (unpaired) electrons. The number of rotatable bonds is 1. The lowest BCUT2D eigenvalue weighted by Crippen LogP contribution is -2.25. The Labute approximate surface area is 65.4 Å². The van der Waals surface area contributed by atoms with Crippen LogP contribution in [-0.4, -0.2) is 22.7 Å². The Morgan fingerprint density at radius 3 is 2.73 bits per heavy atom. The second-order valence-corrected chi connectivity index (χ2v) is 2.39. The molecule has 4 nitrogen and oxygen atoms in total. The molecular weight excluding hydrogens is 142 g/mol. The lowest BCUT2D eigenvalue weighted by atomic mass is 10.5. The first-order valence-electron chi connectivity index (χ1n) is 3.35. The summed E-state index contributed by atoms with van der Waals surface area (Å²) in [5, 5.41) is 3.94. The number of anilines is 1. The number of hydrogen-bond donors (Lipinski definition) is 0. The van der Waals surface area contributed by atoms with Crippen molar-refractivity contribution in [2.75, 3.05) is 11.9 Å². The van der Waals surface area contributed by atoms with E-state index in [9.17, 15) is 4.79 Å². The van der Waals surface area contributed by atoms with Crippen LogP contribution >= 0.6 is 0 Å². The Kier molecular flexibility index (Phi) is 1.94. The topological polar surface area (TPSA) is 38.1 Å². The van der Waals surface area contributed by atoms with Crippen molar-refractivity contribution in [3.8, 4) is 0 Å². The summed E-state index contributed by atoms with van der Waals surface area (Å²) >= 11 is 0. The minimum Gasteiger partial charge on any atom is -0.300 e. The van der Waals surface area contributed by atoms with Crippen LogP contribution in [0.25, 0.3) is 0 Å². The molecule has 1 rings (SSSR count). The first-order chi connectivity index (χ1) is 5.13. The number of nitrogens with zero attached hydrogens (tertiary/aromatic N) is 3. The zero-order valence-electron chi connectivity index (χ0n) is 6.90. The van der Waals surface area contributed by atoms with Gasteiger partial charge < -0.3 is 4.90 Å². The monoisotopic (exact) mass is 153 g/mol. The molecule has 0 atom stereocenters. The predicted octanol–water partition coefficient (Wildman–Crippen LogP) is 0.403. The fraction of sp³-hybridized carbons (Fsp3) is 0.429.